The van der Waals surface area contributed by atoms with E-state index in [0.717, 1.165) is 6.26 Å². The Morgan fingerprint density at radius 2 is 1.96 bits per heavy atom. The van der Waals surface area contributed by atoms with E-state index in [1.807, 2.05) is 0 Å². The molecule has 2 rings (SSSR count). The van der Waals surface area contributed by atoms with Crippen molar-refractivity contribution in [2.75, 3.05) is 24.7 Å². The van der Waals surface area contributed by atoms with Gasteiger partial charge in [-0.1, -0.05) is 0 Å². The second-order valence-corrected chi connectivity index (χ2v) is 7.63. The first-order valence-corrected chi connectivity index (χ1v) is 9.36. The van der Waals surface area contributed by atoms with Gasteiger partial charge in [0.2, 0.25) is 0 Å². The summed E-state index contributed by atoms with van der Waals surface area (Å²) in [7, 11) is -1.64. The quantitative estimate of drug-likeness (QED) is 0.736. The Kier molecular flexibility index (Phi) is 5.42. The molecule has 0 aliphatic heterocycles. The smallest absolute Gasteiger partial charge is 0.282 e. The summed E-state index contributed by atoms with van der Waals surface area (Å²) in [6, 6.07) is 6.21. The van der Waals surface area contributed by atoms with Crippen LogP contribution in [0.4, 0.5) is 5.69 Å². The van der Waals surface area contributed by atoms with E-state index in [4.69, 9.17) is 4.74 Å². The van der Waals surface area contributed by atoms with Crippen LogP contribution in [0.15, 0.2) is 44.6 Å². The van der Waals surface area contributed by atoms with Crippen LogP contribution in [0.25, 0.3) is 0 Å². The number of benzene rings is 1. The third-order valence-corrected chi connectivity index (χ3v) is 4.91. The number of hydrogen-bond acceptors (Lipinski definition) is 6. The van der Waals surface area contributed by atoms with Crippen molar-refractivity contribution in [3.05, 3.63) is 45.3 Å². The van der Waals surface area contributed by atoms with Crippen LogP contribution in [0.1, 0.15) is 0 Å². The minimum atomic E-state index is -3.20. The predicted octanol–water partition coefficient (Wildman–Crippen LogP) is 1.44. The number of nitrogens with zero attached hydrogens (tertiary/aromatic N) is 2. The molecule has 124 valence electrons. The molecule has 23 heavy (non-hydrogen) atoms. The summed E-state index contributed by atoms with van der Waals surface area (Å²) in [6.45, 7) is 0.807. The molecular formula is C14H16BrN3O4S. The van der Waals surface area contributed by atoms with Crippen molar-refractivity contribution in [1.82, 2.24) is 9.78 Å². The van der Waals surface area contributed by atoms with Gasteiger partial charge in [-0.3, -0.25) is 4.79 Å². The topological polar surface area (TPSA) is 90.3 Å². The van der Waals surface area contributed by atoms with Crippen molar-refractivity contribution in [2.24, 2.45) is 7.05 Å². The summed E-state index contributed by atoms with van der Waals surface area (Å²) >= 11 is 3.22. The molecule has 0 bridgehead atoms. The zero-order valence-electron chi connectivity index (χ0n) is 12.6. The Morgan fingerprint density at radius 1 is 1.30 bits per heavy atom. The second-order valence-electron chi connectivity index (χ2n) is 4.82. The Bertz CT molecular complexity index is 847. The number of nitrogens with one attached hydrogen (secondary N) is 1. The van der Waals surface area contributed by atoms with E-state index in [0.29, 0.717) is 29.1 Å². The zero-order valence-corrected chi connectivity index (χ0v) is 15.0. The lowest BCUT2D eigenvalue weighted by molar-refractivity contribution is 0.332. The van der Waals surface area contributed by atoms with Crippen LogP contribution in [0, 0.1) is 0 Å². The highest BCUT2D eigenvalue weighted by Gasteiger charge is 2.07. The highest BCUT2D eigenvalue weighted by Crippen LogP contribution is 2.17. The van der Waals surface area contributed by atoms with E-state index in [9.17, 15) is 13.2 Å². The molecule has 2 aromatic rings. The number of rotatable bonds is 6. The fourth-order valence-corrected chi connectivity index (χ4v) is 2.90. The highest BCUT2D eigenvalue weighted by atomic mass is 79.9. The lowest BCUT2D eigenvalue weighted by Crippen LogP contribution is -2.22. The summed E-state index contributed by atoms with van der Waals surface area (Å²) in [5.41, 5.74) is 0.358. The van der Waals surface area contributed by atoms with Crippen molar-refractivity contribution in [3.63, 3.8) is 0 Å². The summed E-state index contributed by atoms with van der Waals surface area (Å²) in [4.78, 5) is 11.9. The Morgan fingerprint density at radius 3 is 2.57 bits per heavy atom. The second kappa shape index (κ2) is 7.14. The third-order valence-electron chi connectivity index (χ3n) is 3.02. The van der Waals surface area contributed by atoms with Gasteiger partial charge in [0.05, 0.1) is 16.8 Å². The molecule has 0 unspecified atom stereocenters. The first-order valence-electron chi connectivity index (χ1n) is 6.67. The Labute approximate surface area is 142 Å². The molecule has 1 aromatic carbocycles. The number of anilines is 1. The van der Waals surface area contributed by atoms with Crippen LogP contribution in [0.2, 0.25) is 0 Å². The summed E-state index contributed by atoms with van der Waals surface area (Å²) in [5, 5.41) is 6.97. The van der Waals surface area contributed by atoms with Crippen molar-refractivity contribution < 1.29 is 13.2 Å². The number of halogens is 1. The zero-order chi connectivity index (χ0) is 17.0. The SMILES string of the molecule is Cn1ncc(NCCOc2ccc(S(C)(=O)=O)cc2)c(Br)c1=O. The molecule has 9 heteroatoms. The van der Waals surface area contributed by atoms with Gasteiger partial charge in [0, 0.05) is 19.8 Å². The molecule has 0 amide bonds. The minimum absolute atomic E-state index is 0.229. The van der Waals surface area contributed by atoms with Crippen LogP contribution in [0.5, 0.6) is 5.75 Å². The average Bonchev–Trinajstić information content (AvgIpc) is 2.51. The van der Waals surface area contributed by atoms with E-state index in [2.05, 4.69) is 26.3 Å². The molecule has 0 saturated carbocycles. The molecule has 0 spiro atoms. The maximum atomic E-state index is 11.7. The van der Waals surface area contributed by atoms with Gasteiger partial charge < -0.3 is 10.1 Å². The molecule has 0 fully saturated rings. The Balaban J connectivity index is 1.89. The van der Waals surface area contributed by atoms with E-state index in [1.165, 1.54) is 16.8 Å². The third kappa shape index (κ3) is 4.55. The predicted molar refractivity (Wildman–Crippen MR) is 90.7 cm³/mol. The van der Waals surface area contributed by atoms with Gasteiger partial charge >= 0.3 is 0 Å². The fourth-order valence-electron chi connectivity index (χ4n) is 1.77. The van der Waals surface area contributed by atoms with Gasteiger partial charge in [-0.25, -0.2) is 13.1 Å². The molecule has 1 heterocycles. The Hall–Kier alpha value is -1.87. The van der Waals surface area contributed by atoms with Crippen LogP contribution in [-0.4, -0.2) is 37.6 Å². The van der Waals surface area contributed by atoms with Gasteiger partial charge in [0.25, 0.3) is 5.56 Å². The molecule has 1 N–H and O–H groups in total. The van der Waals surface area contributed by atoms with Crippen molar-refractivity contribution in [2.45, 2.75) is 4.90 Å². The minimum Gasteiger partial charge on any atom is -0.492 e. The van der Waals surface area contributed by atoms with E-state index in [1.54, 1.807) is 25.4 Å². The monoisotopic (exact) mass is 401 g/mol. The fraction of sp³-hybridized carbons (Fsp3) is 0.286. The molecular weight excluding hydrogens is 386 g/mol. The van der Waals surface area contributed by atoms with Crippen LogP contribution >= 0.6 is 15.9 Å². The van der Waals surface area contributed by atoms with Crippen molar-refractivity contribution >= 4 is 31.5 Å². The summed E-state index contributed by atoms with van der Waals surface area (Å²) in [5.74, 6) is 0.570. The molecule has 0 atom stereocenters. The normalized spacial score (nSPS) is 11.3. The summed E-state index contributed by atoms with van der Waals surface area (Å²) in [6.07, 6.45) is 2.70. The molecule has 1 aromatic heterocycles. The van der Waals surface area contributed by atoms with Gasteiger partial charge in [-0.2, -0.15) is 5.10 Å². The maximum Gasteiger partial charge on any atom is 0.282 e. The van der Waals surface area contributed by atoms with Gasteiger partial charge in [-0.05, 0) is 40.2 Å². The molecule has 0 radical (unpaired) electrons. The van der Waals surface area contributed by atoms with E-state index >= 15 is 0 Å². The van der Waals surface area contributed by atoms with Gasteiger partial charge in [0.15, 0.2) is 9.84 Å². The standard InChI is InChI=1S/C14H16BrN3O4S/c1-18-14(19)13(15)12(9-17-18)16-7-8-22-10-3-5-11(6-4-10)23(2,20)21/h3-6,9,16H,7-8H2,1-2H3. The molecule has 0 saturated heterocycles. The molecule has 7 nitrogen and oxygen atoms in total. The lowest BCUT2D eigenvalue weighted by atomic mass is 10.3. The van der Waals surface area contributed by atoms with Gasteiger partial charge in [0.1, 0.15) is 16.8 Å². The summed E-state index contributed by atoms with van der Waals surface area (Å²) < 4.78 is 29.9. The van der Waals surface area contributed by atoms with Crippen molar-refractivity contribution in [1.29, 1.82) is 0 Å². The lowest BCUT2D eigenvalue weighted by Gasteiger charge is -2.10. The number of aromatic nitrogens is 2. The first-order chi connectivity index (χ1) is 10.8. The first kappa shape index (κ1) is 17.5. The number of hydrogen-bond donors (Lipinski definition) is 1. The molecule has 0 aliphatic carbocycles. The number of ether oxygens (including phenoxy) is 1. The van der Waals surface area contributed by atoms with Crippen molar-refractivity contribution in [3.8, 4) is 5.75 Å². The van der Waals surface area contributed by atoms with Crippen LogP contribution in [-0.2, 0) is 16.9 Å². The molecule has 0 aliphatic rings. The van der Waals surface area contributed by atoms with Gasteiger partial charge in [-0.15, -0.1) is 0 Å². The number of sulfone groups is 1. The average molecular weight is 402 g/mol. The highest BCUT2D eigenvalue weighted by molar-refractivity contribution is 9.10. The van der Waals surface area contributed by atoms with E-state index < -0.39 is 9.84 Å². The van der Waals surface area contributed by atoms with Crippen LogP contribution < -0.4 is 15.6 Å². The van der Waals surface area contributed by atoms with Crippen LogP contribution in [0.3, 0.4) is 0 Å². The maximum absolute atomic E-state index is 11.7. The largest absolute Gasteiger partial charge is 0.492 e. The van der Waals surface area contributed by atoms with E-state index in [-0.39, 0.29) is 10.5 Å². The number of aryl methyl sites for hydroxylation is 1.